The summed E-state index contributed by atoms with van der Waals surface area (Å²) in [7, 11) is 2.98. The molecule has 0 aromatic carbocycles. The summed E-state index contributed by atoms with van der Waals surface area (Å²) < 4.78 is 8.13. The Morgan fingerprint density at radius 1 is 1.25 bits per heavy atom. The van der Waals surface area contributed by atoms with Crippen molar-refractivity contribution in [3.8, 4) is 0 Å². The fraction of sp³-hybridized carbons (Fsp3) is 0.579. The molecular weight excluding hydrogens is 362 g/mol. The van der Waals surface area contributed by atoms with Crippen molar-refractivity contribution in [2.24, 2.45) is 19.8 Å². The Hall–Kier alpha value is -2.52. The van der Waals surface area contributed by atoms with Gasteiger partial charge in [0.15, 0.2) is 0 Å². The van der Waals surface area contributed by atoms with Crippen LogP contribution < -0.4 is 17.0 Å². The van der Waals surface area contributed by atoms with E-state index in [-0.39, 0.29) is 23.4 Å². The highest BCUT2D eigenvalue weighted by Crippen LogP contribution is 2.18. The summed E-state index contributed by atoms with van der Waals surface area (Å²) in [6.07, 6.45) is 2.51. The molecule has 0 saturated carbocycles. The van der Waals surface area contributed by atoms with Crippen LogP contribution in [-0.4, -0.2) is 57.3 Å². The van der Waals surface area contributed by atoms with Crippen LogP contribution >= 0.6 is 0 Å². The van der Waals surface area contributed by atoms with E-state index in [1.165, 1.54) is 11.6 Å². The predicted molar refractivity (Wildman–Crippen MR) is 106 cm³/mol. The summed E-state index contributed by atoms with van der Waals surface area (Å²) in [5.41, 5.74) is 5.71. The van der Waals surface area contributed by atoms with E-state index in [0.717, 1.165) is 23.8 Å². The highest BCUT2D eigenvalue weighted by atomic mass is 16.5. The summed E-state index contributed by atoms with van der Waals surface area (Å²) >= 11 is 0. The summed E-state index contributed by atoms with van der Waals surface area (Å²) in [5.74, 6) is -0.196. The Morgan fingerprint density at radius 2 is 1.93 bits per heavy atom. The first-order valence-corrected chi connectivity index (χ1v) is 9.53. The SMILES string of the molecule is Cc1cc(C(=O)N2CCC(OCCCN)CC2)nc2c1c(=O)n(C)c(=O)n2C. The van der Waals surface area contributed by atoms with Crippen LogP contribution in [0.25, 0.3) is 11.0 Å². The largest absolute Gasteiger partial charge is 0.378 e. The predicted octanol–water partition coefficient (Wildman–Crippen LogP) is -0.0894. The van der Waals surface area contributed by atoms with Crippen molar-refractivity contribution in [3.63, 3.8) is 0 Å². The molecule has 2 aromatic heterocycles. The number of carbonyl (C=O) groups excluding carboxylic acids is 1. The molecule has 2 aromatic rings. The third-order valence-corrected chi connectivity index (χ3v) is 5.26. The molecule has 9 nitrogen and oxygen atoms in total. The summed E-state index contributed by atoms with van der Waals surface area (Å²) in [4.78, 5) is 43.7. The normalized spacial score (nSPS) is 15.4. The van der Waals surface area contributed by atoms with Gasteiger partial charge in [-0.1, -0.05) is 0 Å². The second kappa shape index (κ2) is 8.24. The molecule has 0 bridgehead atoms. The van der Waals surface area contributed by atoms with Gasteiger partial charge in [-0.05, 0) is 44.4 Å². The topological polar surface area (TPSA) is 112 Å². The van der Waals surface area contributed by atoms with Gasteiger partial charge < -0.3 is 15.4 Å². The lowest BCUT2D eigenvalue weighted by atomic mass is 10.1. The van der Waals surface area contributed by atoms with Crippen LogP contribution in [0.5, 0.6) is 0 Å². The fourth-order valence-corrected chi connectivity index (χ4v) is 3.56. The first-order valence-electron chi connectivity index (χ1n) is 9.53. The molecule has 3 heterocycles. The van der Waals surface area contributed by atoms with E-state index in [4.69, 9.17) is 10.5 Å². The van der Waals surface area contributed by atoms with Crippen molar-refractivity contribution in [3.05, 3.63) is 38.2 Å². The number of hydrogen-bond acceptors (Lipinski definition) is 6. The number of rotatable bonds is 5. The van der Waals surface area contributed by atoms with Crippen LogP contribution in [0.3, 0.4) is 0 Å². The number of nitrogens with two attached hydrogens (primary N) is 1. The zero-order chi connectivity index (χ0) is 20.4. The van der Waals surface area contributed by atoms with Crippen LogP contribution in [0.2, 0.25) is 0 Å². The molecule has 1 saturated heterocycles. The molecule has 0 unspecified atom stereocenters. The van der Waals surface area contributed by atoms with Gasteiger partial charge in [0.05, 0.1) is 11.5 Å². The lowest BCUT2D eigenvalue weighted by Gasteiger charge is -2.31. The standard InChI is InChI=1S/C19H27N5O4/c1-12-11-14(21-16-15(12)18(26)23(3)19(27)22(16)2)17(25)24-8-5-13(6-9-24)28-10-4-7-20/h11,13H,4-10,20H2,1-3H3. The van der Waals surface area contributed by atoms with Crippen LogP contribution in [-0.2, 0) is 18.8 Å². The molecule has 3 rings (SSSR count). The van der Waals surface area contributed by atoms with Gasteiger partial charge in [-0.15, -0.1) is 0 Å². The fourth-order valence-electron chi connectivity index (χ4n) is 3.56. The van der Waals surface area contributed by atoms with Crippen molar-refractivity contribution >= 4 is 16.9 Å². The molecule has 152 valence electrons. The van der Waals surface area contributed by atoms with Gasteiger partial charge in [0, 0.05) is 33.8 Å². The maximum Gasteiger partial charge on any atom is 0.332 e. The number of pyridine rings is 1. The number of hydrogen-bond donors (Lipinski definition) is 1. The van der Waals surface area contributed by atoms with Crippen molar-refractivity contribution in [1.29, 1.82) is 0 Å². The molecule has 28 heavy (non-hydrogen) atoms. The molecule has 0 aliphatic carbocycles. The molecule has 0 spiro atoms. The quantitative estimate of drug-likeness (QED) is 0.715. The summed E-state index contributed by atoms with van der Waals surface area (Å²) in [6, 6.07) is 1.63. The van der Waals surface area contributed by atoms with E-state index in [9.17, 15) is 14.4 Å². The second-order valence-electron chi connectivity index (χ2n) is 7.23. The minimum Gasteiger partial charge on any atom is -0.378 e. The number of nitrogens with zero attached hydrogens (tertiary/aromatic N) is 4. The van der Waals surface area contributed by atoms with Gasteiger partial charge in [-0.2, -0.15) is 0 Å². The zero-order valence-electron chi connectivity index (χ0n) is 16.6. The molecule has 0 atom stereocenters. The van der Waals surface area contributed by atoms with Crippen LogP contribution in [0.1, 0.15) is 35.3 Å². The van der Waals surface area contributed by atoms with Crippen LogP contribution in [0.4, 0.5) is 0 Å². The van der Waals surface area contributed by atoms with Gasteiger partial charge >= 0.3 is 5.69 Å². The van der Waals surface area contributed by atoms with Gasteiger partial charge in [-0.25, -0.2) is 9.78 Å². The van der Waals surface area contributed by atoms with Crippen molar-refractivity contribution < 1.29 is 9.53 Å². The molecule has 1 amide bonds. The number of fused-ring (bicyclic) bond motifs is 1. The van der Waals surface area contributed by atoms with E-state index in [2.05, 4.69) is 4.98 Å². The third-order valence-electron chi connectivity index (χ3n) is 5.26. The number of likely N-dealkylation sites (tertiary alicyclic amines) is 1. The zero-order valence-corrected chi connectivity index (χ0v) is 16.6. The number of aryl methyl sites for hydroxylation is 2. The van der Waals surface area contributed by atoms with Gasteiger partial charge in [0.1, 0.15) is 11.3 Å². The number of aromatic nitrogens is 3. The Morgan fingerprint density at radius 3 is 2.57 bits per heavy atom. The monoisotopic (exact) mass is 389 g/mol. The number of amides is 1. The molecule has 0 radical (unpaired) electrons. The Bertz CT molecular complexity index is 1000. The molecule has 1 aliphatic rings. The maximum absolute atomic E-state index is 12.9. The van der Waals surface area contributed by atoms with E-state index in [0.29, 0.717) is 37.2 Å². The van der Waals surface area contributed by atoms with Crippen molar-refractivity contribution in [2.75, 3.05) is 26.2 Å². The number of carbonyl (C=O) groups is 1. The van der Waals surface area contributed by atoms with Gasteiger partial charge in [0.25, 0.3) is 11.5 Å². The lowest BCUT2D eigenvalue weighted by molar-refractivity contribution is 0.00829. The number of piperidine rings is 1. The summed E-state index contributed by atoms with van der Waals surface area (Å²) in [6.45, 7) is 4.17. The van der Waals surface area contributed by atoms with Crippen molar-refractivity contribution in [2.45, 2.75) is 32.3 Å². The molecule has 9 heteroatoms. The van der Waals surface area contributed by atoms with Crippen molar-refractivity contribution in [1.82, 2.24) is 19.0 Å². The Kier molecular flexibility index (Phi) is 5.95. The van der Waals surface area contributed by atoms with Gasteiger partial charge in [0.2, 0.25) is 0 Å². The van der Waals surface area contributed by atoms with E-state index in [1.807, 2.05) is 0 Å². The first-order chi connectivity index (χ1) is 13.3. The third kappa shape index (κ3) is 3.72. The first kappa shape index (κ1) is 20.2. The number of ether oxygens (including phenoxy) is 1. The smallest absolute Gasteiger partial charge is 0.332 e. The van der Waals surface area contributed by atoms with E-state index >= 15 is 0 Å². The average molecular weight is 389 g/mol. The van der Waals surface area contributed by atoms with Gasteiger partial charge in [-0.3, -0.25) is 18.7 Å². The van der Waals surface area contributed by atoms with Crippen LogP contribution in [0, 0.1) is 6.92 Å². The molecule has 2 N–H and O–H groups in total. The highest BCUT2D eigenvalue weighted by Gasteiger charge is 2.26. The summed E-state index contributed by atoms with van der Waals surface area (Å²) in [5, 5.41) is 0.355. The van der Waals surface area contributed by atoms with E-state index in [1.54, 1.807) is 24.9 Å². The molecule has 1 fully saturated rings. The lowest BCUT2D eigenvalue weighted by Crippen LogP contribution is -2.42. The Labute approximate surface area is 162 Å². The maximum atomic E-state index is 12.9. The molecule has 1 aliphatic heterocycles. The van der Waals surface area contributed by atoms with Crippen LogP contribution in [0.15, 0.2) is 15.7 Å². The second-order valence-corrected chi connectivity index (χ2v) is 7.23. The minimum atomic E-state index is -0.468. The molecular formula is C19H27N5O4. The average Bonchev–Trinajstić information content (AvgIpc) is 2.70. The highest BCUT2D eigenvalue weighted by molar-refractivity contribution is 5.95. The Balaban J connectivity index is 1.84. The minimum absolute atomic E-state index is 0.144. The van der Waals surface area contributed by atoms with E-state index < -0.39 is 11.2 Å².